The van der Waals surface area contributed by atoms with E-state index in [-0.39, 0.29) is 12.1 Å². The van der Waals surface area contributed by atoms with E-state index in [0.29, 0.717) is 18.8 Å². The standard InChI is InChI=1S/C18H24N4O3S/c1-22-14(11-20-18(22)26-2)10-19-17(23)21-13-5-7-15(8-6-13)25-12-16-4-3-9-24-16/h5-8,11,16H,3-4,9-10,12H2,1-2H3,(H2,19,21,23). The third-order valence-electron chi connectivity index (χ3n) is 4.23. The van der Waals surface area contributed by atoms with Gasteiger partial charge in [-0.15, -0.1) is 0 Å². The number of hydrogen-bond donors (Lipinski definition) is 2. The molecular formula is C18H24N4O3S. The first-order chi connectivity index (χ1) is 12.7. The second-order valence-electron chi connectivity index (χ2n) is 6.07. The number of anilines is 1. The number of carbonyl (C=O) groups is 1. The Hall–Kier alpha value is -2.19. The van der Waals surface area contributed by atoms with Gasteiger partial charge in [0.2, 0.25) is 0 Å². The highest BCUT2D eigenvalue weighted by molar-refractivity contribution is 7.98. The Bertz CT molecular complexity index is 727. The molecular weight excluding hydrogens is 352 g/mol. The average Bonchev–Trinajstić information content (AvgIpc) is 3.29. The fraction of sp³-hybridized carbons (Fsp3) is 0.444. The molecule has 8 heteroatoms. The van der Waals surface area contributed by atoms with Crippen LogP contribution in [0.15, 0.2) is 35.6 Å². The molecule has 0 radical (unpaired) electrons. The summed E-state index contributed by atoms with van der Waals surface area (Å²) in [5, 5.41) is 6.56. The molecule has 1 aliphatic heterocycles. The second-order valence-corrected chi connectivity index (χ2v) is 6.85. The molecule has 1 fully saturated rings. The van der Waals surface area contributed by atoms with Crippen LogP contribution in [0.1, 0.15) is 18.5 Å². The normalized spacial score (nSPS) is 16.5. The summed E-state index contributed by atoms with van der Waals surface area (Å²) in [7, 11) is 1.93. The monoisotopic (exact) mass is 376 g/mol. The molecule has 1 saturated heterocycles. The van der Waals surface area contributed by atoms with Gasteiger partial charge >= 0.3 is 6.03 Å². The highest BCUT2D eigenvalue weighted by atomic mass is 32.2. The Kier molecular flexibility index (Phi) is 6.40. The number of nitrogens with zero attached hydrogens (tertiary/aromatic N) is 2. The molecule has 1 aromatic heterocycles. The molecule has 1 unspecified atom stereocenters. The van der Waals surface area contributed by atoms with Gasteiger partial charge in [-0.3, -0.25) is 0 Å². The van der Waals surface area contributed by atoms with Gasteiger partial charge in [-0.25, -0.2) is 9.78 Å². The summed E-state index contributed by atoms with van der Waals surface area (Å²) in [6, 6.07) is 7.07. The minimum Gasteiger partial charge on any atom is -0.491 e. The lowest BCUT2D eigenvalue weighted by Crippen LogP contribution is -2.28. The Labute approximate surface area is 157 Å². The molecule has 2 N–H and O–H groups in total. The summed E-state index contributed by atoms with van der Waals surface area (Å²) in [5.74, 6) is 0.769. The topological polar surface area (TPSA) is 77.4 Å². The molecule has 2 amide bonds. The minimum absolute atomic E-state index is 0.192. The van der Waals surface area contributed by atoms with Crippen LogP contribution < -0.4 is 15.4 Å². The second kappa shape index (κ2) is 8.95. The van der Waals surface area contributed by atoms with Gasteiger partial charge in [0.05, 0.1) is 24.5 Å². The molecule has 140 valence electrons. The van der Waals surface area contributed by atoms with Gasteiger partial charge in [0, 0.05) is 19.3 Å². The predicted octanol–water partition coefficient (Wildman–Crippen LogP) is 3.02. The van der Waals surface area contributed by atoms with E-state index in [1.54, 1.807) is 18.0 Å². The molecule has 2 aromatic rings. The van der Waals surface area contributed by atoms with Crippen molar-refractivity contribution >= 4 is 23.5 Å². The zero-order chi connectivity index (χ0) is 18.4. The van der Waals surface area contributed by atoms with E-state index in [9.17, 15) is 4.79 Å². The maximum atomic E-state index is 12.1. The number of imidazole rings is 1. The Morgan fingerprint density at radius 2 is 2.23 bits per heavy atom. The smallest absolute Gasteiger partial charge is 0.319 e. The van der Waals surface area contributed by atoms with Crippen molar-refractivity contribution in [2.24, 2.45) is 7.05 Å². The first-order valence-electron chi connectivity index (χ1n) is 8.59. The van der Waals surface area contributed by atoms with Gasteiger partial charge in [-0.1, -0.05) is 11.8 Å². The zero-order valence-corrected chi connectivity index (χ0v) is 15.8. The van der Waals surface area contributed by atoms with Crippen LogP contribution in [0.5, 0.6) is 5.75 Å². The predicted molar refractivity (Wildman–Crippen MR) is 102 cm³/mol. The summed E-state index contributed by atoms with van der Waals surface area (Å²) in [5.41, 5.74) is 1.66. The van der Waals surface area contributed by atoms with Gasteiger partial charge in [0.1, 0.15) is 12.4 Å². The molecule has 2 heterocycles. The van der Waals surface area contributed by atoms with E-state index >= 15 is 0 Å². The summed E-state index contributed by atoms with van der Waals surface area (Å²) >= 11 is 1.57. The van der Waals surface area contributed by atoms with Crippen LogP contribution in [0.3, 0.4) is 0 Å². The number of urea groups is 1. The van der Waals surface area contributed by atoms with E-state index in [0.717, 1.165) is 36.0 Å². The summed E-state index contributed by atoms with van der Waals surface area (Å²) < 4.78 is 13.2. The fourth-order valence-electron chi connectivity index (χ4n) is 2.73. The molecule has 0 aliphatic carbocycles. The summed E-state index contributed by atoms with van der Waals surface area (Å²) in [4.78, 5) is 16.3. The highest BCUT2D eigenvalue weighted by Crippen LogP contribution is 2.18. The molecule has 3 rings (SSSR count). The van der Waals surface area contributed by atoms with Crippen molar-refractivity contribution in [1.82, 2.24) is 14.9 Å². The summed E-state index contributed by atoms with van der Waals surface area (Å²) in [6.45, 7) is 1.80. The number of benzene rings is 1. The van der Waals surface area contributed by atoms with Crippen LogP contribution in [0.25, 0.3) is 0 Å². The maximum absolute atomic E-state index is 12.1. The van der Waals surface area contributed by atoms with Crippen molar-refractivity contribution in [2.75, 3.05) is 24.8 Å². The fourth-order valence-corrected chi connectivity index (χ4v) is 3.27. The number of aromatic nitrogens is 2. The Morgan fingerprint density at radius 1 is 1.42 bits per heavy atom. The maximum Gasteiger partial charge on any atom is 0.319 e. The third kappa shape index (κ3) is 4.92. The molecule has 1 aliphatic rings. The average molecular weight is 376 g/mol. The molecule has 0 saturated carbocycles. The number of carbonyl (C=O) groups excluding carboxylic acids is 1. The Balaban J connectivity index is 1.44. The lowest BCUT2D eigenvalue weighted by atomic mass is 10.2. The van der Waals surface area contributed by atoms with Crippen molar-refractivity contribution in [1.29, 1.82) is 0 Å². The number of nitrogens with one attached hydrogen (secondary N) is 2. The quantitative estimate of drug-likeness (QED) is 0.727. The largest absolute Gasteiger partial charge is 0.491 e. The molecule has 0 bridgehead atoms. The van der Waals surface area contributed by atoms with Gasteiger partial charge in [0.25, 0.3) is 0 Å². The van der Waals surface area contributed by atoms with Gasteiger partial charge in [-0.2, -0.15) is 0 Å². The highest BCUT2D eigenvalue weighted by Gasteiger charge is 2.16. The number of ether oxygens (including phenoxy) is 2. The SMILES string of the molecule is CSc1ncc(CNC(=O)Nc2ccc(OCC3CCCO3)cc2)n1C. The van der Waals surface area contributed by atoms with Crippen LogP contribution in [0, 0.1) is 0 Å². The number of thioether (sulfide) groups is 1. The van der Waals surface area contributed by atoms with E-state index in [4.69, 9.17) is 9.47 Å². The molecule has 1 atom stereocenters. The first-order valence-corrected chi connectivity index (χ1v) is 9.82. The third-order valence-corrected chi connectivity index (χ3v) is 4.97. The van der Waals surface area contributed by atoms with Crippen LogP contribution >= 0.6 is 11.8 Å². The van der Waals surface area contributed by atoms with Crippen molar-refractivity contribution in [3.63, 3.8) is 0 Å². The van der Waals surface area contributed by atoms with E-state index in [1.807, 2.05) is 42.1 Å². The minimum atomic E-state index is -0.259. The van der Waals surface area contributed by atoms with Crippen molar-refractivity contribution in [3.05, 3.63) is 36.2 Å². The van der Waals surface area contributed by atoms with Crippen LogP contribution in [0.2, 0.25) is 0 Å². The van der Waals surface area contributed by atoms with Gasteiger partial charge < -0.3 is 24.7 Å². The molecule has 1 aromatic carbocycles. The Morgan fingerprint density at radius 3 is 2.88 bits per heavy atom. The van der Waals surface area contributed by atoms with Crippen LogP contribution in [-0.4, -0.2) is 41.2 Å². The zero-order valence-electron chi connectivity index (χ0n) is 15.0. The first kappa shape index (κ1) is 18.6. The number of hydrogen-bond acceptors (Lipinski definition) is 5. The summed E-state index contributed by atoms with van der Waals surface area (Å²) in [6.07, 6.45) is 6.09. The molecule has 0 spiro atoms. The van der Waals surface area contributed by atoms with Gasteiger partial charge in [-0.05, 0) is 43.4 Å². The van der Waals surface area contributed by atoms with E-state index < -0.39 is 0 Å². The van der Waals surface area contributed by atoms with Crippen LogP contribution in [0.4, 0.5) is 10.5 Å². The van der Waals surface area contributed by atoms with Crippen molar-refractivity contribution < 1.29 is 14.3 Å². The lowest BCUT2D eigenvalue weighted by Gasteiger charge is -2.12. The van der Waals surface area contributed by atoms with Crippen molar-refractivity contribution in [3.8, 4) is 5.75 Å². The number of amides is 2. The van der Waals surface area contributed by atoms with E-state index in [2.05, 4.69) is 15.6 Å². The lowest BCUT2D eigenvalue weighted by molar-refractivity contribution is 0.0679. The van der Waals surface area contributed by atoms with Gasteiger partial charge in [0.15, 0.2) is 5.16 Å². The molecule has 7 nitrogen and oxygen atoms in total. The molecule has 26 heavy (non-hydrogen) atoms. The number of rotatable bonds is 7. The van der Waals surface area contributed by atoms with E-state index in [1.165, 1.54) is 0 Å². The van der Waals surface area contributed by atoms with Crippen LogP contribution in [-0.2, 0) is 18.3 Å². The van der Waals surface area contributed by atoms with Crippen molar-refractivity contribution in [2.45, 2.75) is 30.6 Å².